The van der Waals surface area contributed by atoms with E-state index >= 15 is 0 Å². The molecule has 0 radical (unpaired) electrons. The zero-order valence-electron chi connectivity index (χ0n) is 17.7. The molecule has 0 saturated heterocycles. The summed E-state index contributed by atoms with van der Waals surface area (Å²) in [5.41, 5.74) is -0.482. The number of alkyl halides is 4. The lowest BCUT2D eigenvalue weighted by atomic mass is 9.90. The average Bonchev–Trinajstić information content (AvgIpc) is 2.73. The van der Waals surface area contributed by atoms with Crippen LogP contribution in [0.3, 0.4) is 0 Å². The van der Waals surface area contributed by atoms with E-state index in [0.717, 1.165) is 4.68 Å². The van der Waals surface area contributed by atoms with Gasteiger partial charge < -0.3 is 10.4 Å². The summed E-state index contributed by atoms with van der Waals surface area (Å²) >= 11 is 6.06. The molecule has 1 aromatic rings. The van der Waals surface area contributed by atoms with Gasteiger partial charge in [-0.1, -0.05) is 37.6 Å². The van der Waals surface area contributed by atoms with Crippen molar-refractivity contribution < 1.29 is 27.5 Å². The molecule has 11 heteroatoms. The number of rotatable bonds is 5. The summed E-state index contributed by atoms with van der Waals surface area (Å²) in [4.78, 5) is 25.6. The number of amides is 1. The van der Waals surface area contributed by atoms with Gasteiger partial charge in [0.2, 0.25) is 0 Å². The van der Waals surface area contributed by atoms with Gasteiger partial charge in [-0.3, -0.25) is 9.59 Å². The van der Waals surface area contributed by atoms with E-state index in [9.17, 15) is 27.2 Å². The van der Waals surface area contributed by atoms with Crippen molar-refractivity contribution in [3.63, 3.8) is 0 Å². The van der Waals surface area contributed by atoms with Crippen LogP contribution in [0.5, 0.6) is 0 Å². The number of halogens is 5. The largest absolute Gasteiger partial charge is 0.416 e. The van der Waals surface area contributed by atoms with E-state index in [1.807, 2.05) is 12.2 Å². The maximum Gasteiger partial charge on any atom is 0.416 e. The Bertz CT molecular complexity index is 1120. The summed E-state index contributed by atoms with van der Waals surface area (Å²) in [6.07, 6.45) is -1.09. The first-order valence-corrected chi connectivity index (χ1v) is 10.5. The Balaban J connectivity index is 2.07. The number of aliphatic hydroxyl groups is 1. The summed E-state index contributed by atoms with van der Waals surface area (Å²) < 4.78 is 52.9. The zero-order valence-corrected chi connectivity index (χ0v) is 18.5. The molecule has 0 bridgehead atoms. The van der Waals surface area contributed by atoms with Crippen LogP contribution < -0.4 is 10.9 Å². The molecule has 1 aromatic heterocycles. The second-order valence-electron chi connectivity index (χ2n) is 8.02. The molecule has 2 aliphatic carbocycles. The number of aliphatic hydroxyl groups excluding tert-OH is 1. The van der Waals surface area contributed by atoms with Crippen LogP contribution >= 0.6 is 11.6 Å². The minimum Gasteiger partial charge on any atom is -0.382 e. The molecule has 4 unspecified atom stereocenters. The van der Waals surface area contributed by atoms with Gasteiger partial charge in [-0.05, 0) is 42.2 Å². The van der Waals surface area contributed by atoms with Gasteiger partial charge in [0.1, 0.15) is 11.7 Å². The highest BCUT2D eigenvalue weighted by Gasteiger charge is 2.38. The van der Waals surface area contributed by atoms with Gasteiger partial charge >= 0.3 is 6.18 Å². The van der Waals surface area contributed by atoms with Crippen molar-refractivity contribution in [2.24, 2.45) is 11.8 Å². The van der Waals surface area contributed by atoms with Crippen LogP contribution in [0.1, 0.15) is 36.3 Å². The highest BCUT2D eigenvalue weighted by atomic mass is 35.5. The minimum atomic E-state index is -4.94. The van der Waals surface area contributed by atoms with E-state index in [4.69, 9.17) is 16.7 Å². The van der Waals surface area contributed by atoms with Gasteiger partial charge in [0, 0.05) is 11.0 Å². The summed E-state index contributed by atoms with van der Waals surface area (Å²) in [7, 11) is 0. The molecular formula is C22H22ClF4N3O3. The van der Waals surface area contributed by atoms with Crippen molar-refractivity contribution in [2.75, 3.05) is 6.54 Å². The van der Waals surface area contributed by atoms with E-state index in [2.05, 4.69) is 5.10 Å². The van der Waals surface area contributed by atoms with Gasteiger partial charge in [0.25, 0.3) is 11.5 Å². The minimum absolute atomic E-state index is 0.0921. The molecule has 0 fully saturated rings. The smallest absolute Gasteiger partial charge is 0.382 e. The third-order valence-corrected chi connectivity index (χ3v) is 5.69. The molecule has 1 amide bonds. The molecule has 3 rings (SSSR count). The van der Waals surface area contributed by atoms with Crippen LogP contribution in [0.25, 0.3) is 11.3 Å². The van der Waals surface area contributed by atoms with Crippen LogP contribution in [0.4, 0.5) is 17.6 Å². The normalized spacial score (nSPS) is 24.0. The Kier molecular flexibility index (Phi) is 7.28. The standard InChI is InChI=1S/C22H22ClF4N3O3/c1-11-3-5-14(8-17(11)24)30-21(33)16(20(32)28-10-19(31)22(25,26)27)9-18(29-30)15-6-4-13(23)7-12(15)2/h3-6,8-9,11-12,17,19,31H,7,10H2,1-2H3,(H,28,32). The highest BCUT2D eigenvalue weighted by Crippen LogP contribution is 2.33. The zero-order chi connectivity index (χ0) is 24.5. The molecule has 0 saturated carbocycles. The van der Waals surface area contributed by atoms with Crippen molar-refractivity contribution in [3.8, 4) is 0 Å². The van der Waals surface area contributed by atoms with Crippen molar-refractivity contribution in [3.05, 3.63) is 63.1 Å². The number of nitrogens with one attached hydrogen (secondary N) is 1. The number of nitrogens with zero attached hydrogens (tertiary/aromatic N) is 2. The van der Waals surface area contributed by atoms with Gasteiger partial charge in [-0.15, -0.1) is 0 Å². The fourth-order valence-corrected chi connectivity index (χ4v) is 3.69. The summed E-state index contributed by atoms with van der Waals surface area (Å²) in [6.45, 7) is 2.37. The molecule has 0 aromatic carbocycles. The van der Waals surface area contributed by atoms with Crippen molar-refractivity contribution in [2.45, 2.75) is 38.7 Å². The second-order valence-corrected chi connectivity index (χ2v) is 8.51. The van der Waals surface area contributed by atoms with Gasteiger partial charge in [-0.2, -0.15) is 23.0 Å². The molecular weight excluding hydrogens is 466 g/mol. The number of carbonyl (C=O) groups excluding carboxylic acids is 1. The second kappa shape index (κ2) is 9.64. The fourth-order valence-electron chi connectivity index (χ4n) is 3.39. The van der Waals surface area contributed by atoms with Crippen LogP contribution in [0.15, 0.2) is 46.3 Å². The molecule has 0 aliphatic heterocycles. The van der Waals surface area contributed by atoms with E-state index in [1.54, 1.807) is 25.2 Å². The van der Waals surface area contributed by atoms with Crippen LogP contribution in [-0.2, 0) is 0 Å². The Labute approximate surface area is 191 Å². The lowest BCUT2D eigenvalue weighted by Gasteiger charge is -2.22. The van der Waals surface area contributed by atoms with Crippen LogP contribution in [-0.4, -0.2) is 45.8 Å². The van der Waals surface area contributed by atoms with Crippen molar-refractivity contribution in [1.29, 1.82) is 0 Å². The number of allylic oxidation sites excluding steroid dienone is 8. The highest BCUT2D eigenvalue weighted by molar-refractivity contribution is 6.30. The van der Waals surface area contributed by atoms with Gasteiger partial charge in [0.05, 0.1) is 17.9 Å². The molecule has 2 aliphatic rings. The monoisotopic (exact) mass is 487 g/mol. The SMILES string of the molecule is CC1CC(Cl)=CC=C1c1cc(C(=O)NCC(O)C(F)(F)F)c(=O)n(C2=CC(F)C(C)C=C2)n1. The van der Waals surface area contributed by atoms with E-state index in [0.29, 0.717) is 17.0 Å². The maximum atomic E-state index is 14.3. The molecule has 4 atom stereocenters. The Morgan fingerprint density at radius 1 is 1.36 bits per heavy atom. The lowest BCUT2D eigenvalue weighted by molar-refractivity contribution is -0.201. The molecule has 33 heavy (non-hydrogen) atoms. The van der Waals surface area contributed by atoms with Crippen LogP contribution in [0.2, 0.25) is 0 Å². The van der Waals surface area contributed by atoms with E-state index in [1.165, 1.54) is 18.2 Å². The third-order valence-electron chi connectivity index (χ3n) is 5.41. The summed E-state index contributed by atoms with van der Waals surface area (Å²) in [5.74, 6) is -1.68. The van der Waals surface area contributed by atoms with Crippen LogP contribution in [0, 0.1) is 11.8 Å². The van der Waals surface area contributed by atoms with Crippen molar-refractivity contribution >= 4 is 28.8 Å². The first kappa shape index (κ1) is 24.9. The predicted octanol–water partition coefficient (Wildman–Crippen LogP) is 3.83. The first-order valence-electron chi connectivity index (χ1n) is 10.2. The van der Waals surface area contributed by atoms with E-state index < -0.39 is 47.9 Å². The summed E-state index contributed by atoms with van der Waals surface area (Å²) in [5, 5.41) is 16.0. The van der Waals surface area contributed by atoms with Crippen molar-refractivity contribution in [1.82, 2.24) is 15.1 Å². The molecule has 1 heterocycles. The number of hydrogen-bond acceptors (Lipinski definition) is 4. The first-order chi connectivity index (χ1) is 15.4. The number of aromatic nitrogens is 2. The average molecular weight is 488 g/mol. The Morgan fingerprint density at radius 3 is 2.67 bits per heavy atom. The van der Waals surface area contributed by atoms with Gasteiger partial charge in [-0.25, -0.2) is 4.39 Å². The van der Waals surface area contributed by atoms with E-state index in [-0.39, 0.29) is 17.3 Å². The molecule has 178 valence electrons. The predicted molar refractivity (Wildman–Crippen MR) is 116 cm³/mol. The van der Waals surface area contributed by atoms with Gasteiger partial charge in [0.15, 0.2) is 6.10 Å². The third kappa shape index (κ3) is 5.62. The molecule has 2 N–H and O–H groups in total. The molecule has 0 spiro atoms. The fraction of sp³-hybridized carbons (Fsp3) is 0.409. The Morgan fingerprint density at radius 2 is 2.06 bits per heavy atom. The summed E-state index contributed by atoms with van der Waals surface area (Å²) in [6, 6.07) is 1.17. The molecule has 6 nitrogen and oxygen atoms in total. The quantitative estimate of drug-likeness (QED) is 0.618. The Hall–Kier alpha value is -2.72. The number of carbonyl (C=O) groups is 1. The topological polar surface area (TPSA) is 84.2 Å². The lowest BCUT2D eigenvalue weighted by Crippen LogP contribution is -2.42. The number of hydrogen-bond donors (Lipinski definition) is 2. The maximum absolute atomic E-state index is 14.3.